The molecule has 2 aromatic rings. The molecule has 2 aromatic carbocycles. The largest absolute Gasteiger partial charge is 0.350 e. The maximum Gasteiger partial charge on any atom is 0.240 e. The Kier molecular flexibility index (Phi) is 5.34. The van der Waals surface area contributed by atoms with Crippen molar-refractivity contribution in [1.29, 1.82) is 0 Å². The Bertz CT molecular complexity index is 909. The third-order valence-electron chi connectivity index (χ3n) is 4.77. The van der Waals surface area contributed by atoms with Crippen molar-refractivity contribution >= 4 is 40.9 Å². The molecule has 3 amide bonds. The van der Waals surface area contributed by atoms with Crippen LogP contribution in [0.25, 0.3) is 0 Å². The molecule has 2 N–H and O–H groups in total. The topological polar surface area (TPSA) is 78.5 Å². The number of nitrogens with one attached hydrogen (secondary N) is 2. The Hall–Kier alpha value is -2.80. The molecule has 0 unspecified atom stereocenters. The molecule has 2 aliphatic rings. The van der Waals surface area contributed by atoms with E-state index in [1.54, 1.807) is 0 Å². The van der Waals surface area contributed by atoms with Crippen molar-refractivity contribution in [3.63, 3.8) is 0 Å². The average molecular weight is 395 g/mol. The summed E-state index contributed by atoms with van der Waals surface area (Å²) < 4.78 is 0. The average Bonchev–Trinajstić information content (AvgIpc) is 3.55. The fourth-order valence-electron chi connectivity index (χ4n) is 3.02. The standard InChI is InChI=1S/C21H21N3O3S/c25-19(12-24-17-3-1-2-4-18(17)28-13-20(24)26)22-11-14-5-9-16(10-6-14)23-21(27)15-7-8-15/h1-6,9-10,15H,7-8,11-13H2,(H,22,25)(H,23,27). The zero-order valence-electron chi connectivity index (χ0n) is 15.3. The van der Waals surface area contributed by atoms with E-state index in [1.807, 2.05) is 48.5 Å². The Balaban J connectivity index is 1.31. The Labute approximate surface area is 167 Å². The molecule has 4 rings (SSSR count). The van der Waals surface area contributed by atoms with Crippen LogP contribution in [0.2, 0.25) is 0 Å². The van der Waals surface area contributed by atoms with Crippen LogP contribution in [0.4, 0.5) is 11.4 Å². The highest BCUT2D eigenvalue weighted by atomic mass is 32.2. The van der Waals surface area contributed by atoms with Gasteiger partial charge >= 0.3 is 0 Å². The molecule has 1 aliphatic heterocycles. The van der Waals surface area contributed by atoms with E-state index in [0.29, 0.717) is 12.3 Å². The van der Waals surface area contributed by atoms with E-state index in [2.05, 4.69) is 10.6 Å². The fraction of sp³-hybridized carbons (Fsp3) is 0.286. The first-order valence-electron chi connectivity index (χ1n) is 9.29. The monoisotopic (exact) mass is 395 g/mol. The van der Waals surface area contributed by atoms with Gasteiger partial charge in [-0.25, -0.2) is 0 Å². The molecule has 1 saturated carbocycles. The van der Waals surface area contributed by atoms with Gasteiger partial charge in [0.1, 0.15) is 6.54 Å². The number of fused-ring (bicyclic) bond motifs is 1. The van der Waals surface area contributed by atoms with E-state index in [0.717, 1.165) is 34.7 Å². The predicted octanol–water partition coefficient (Wildman–Crippen LogP) is 2.79. The second kappa shape index (κ2) is 8.06. The molecule has 1 aliphatic carbocycles. The van der Waals surface area contributed by atoms with Crippen LogP contribution in [0, 0.1) is 5.92 Å². The molecule has 0 aromatic heterocycles. The molecule has 0 saturated heterocycles. The Morgan fingerprint density at radius 1 is 1.07 bits per heavy atom. The van der Waals surface area contributed by atoms with Crippen molar-refractivity contribution in [3.8, 4) is 0 Å². The van der Waals surface area contributed by atoms with E-state index in [1.165, 1.54) is 16.7 Å². The lowest BCUT2D eigenvalue weighted by molar-refractivity contribution is -0.123. The van der Waals surface area contributed by atoms with E-state index >= 15 is 0 Å². The maximum atomic E-state index is 12.4. The number of rotatable bonds is 6. The van der Waals surface area contributed by atoms with Gasteiger partial charge in [-0.1, -0.05) is 24.3 Å². The first-order valence-corrected chi connectivity index (χ1v) is 10.3. The first-order chi connectivity index (χ1) is 13.6. The maximum absolute atomic E-state index is 12.4. The molecular formula is C21H21N3O3S. The van der Waals surface area contributed by atoms with Crippen molar-refractivity contribution in [2.75, 3.05) is 22.5 Å². The highest BCUT2D eigenvalue weighted by Gasteiger charge is 2.29. The van der Waals surface area contributed by atoms with Crippen LogP contribution in [0.1, 0.15) is 18.4 Å². The summed E-state index contributed by atoms with van der Waals surface area (Å²) in [4.78, 5) is 38.9. The van der Waals surface area contributed by atoms with Crippen LogP contribution in [0.15, 0.2) is 53.4 Å². The minimum absolute atomic E-state index is 0.00589. The van der Waals surface area contributed by atoms with Crippen LogP contribution in [-0.4, -0.2) is 30.0 Å². The summed E-state index contributed by atoms with van der Waals surface area (Å²) >= 11 is 1.50. The van der Waals surface area contributed by atoms with Gasteiger partial charge in [0.25, 0.3) is 0 Å². The summed E-state index contributed by atoms with van der Waals surface area (Å²) in [6, 6.07) is 15.0. The highest BCUT2D eigenvalue weighted by molar-refractivity contribution is 8.00. The van der Waals surface area contributed by atoms with Crippen LogP contribution < -0.4 is 15.5 Å². The second-order valence-electron chi connectivity index (χ2n) is 6.97. The normalized spacial score (nSPS) is 15.7. The van der Waals surface area contributed by atoms with Gasteiger partial charge in [0.2, 0.25) is 17.7 Å². The van der Waals surface area contributed by atoms with Gasteiger partial charge < -0.3 is 15.5 Å². The lowest BCUT2D eigenvalue weighted by Gasteiger charge is -2.28. The van der Waals surface area contributed by atoms with E-state index < -0.39 is 0 Å². The molecule has 0 bridgehead atoms. The number of benzene rings is 2. The van der Waals surface area contributed by atoms with Gasteiger partial charge in [-0.05, 0) is 42.7 Å². The summed E-state index contributed by atoms with van der Waals surface area (Å²) in [6.45, 7) is 0.375. The van der Waals surface area contributed by atoms with Gasteiger partial charge in [0.15, 0.2) is 0 Å². The van der Waals surface area contributed by atoms with E-state index in [9.17, 15) is 14.4 Å². The van der Waals surface area contributed by atoms with Crippen molar-refractivity contribution in [2.45, 2.75) is 24.3 Å². The van der Waals surface area contributed by atoms with Crippen LogP contribution in [0.3, 0.4) is 0 Å². The number of para-hydroxylation sites is 1. The fourth-order valence-corrected chi connectivity index (χ4v) is 3.96. The molecule has 0 spiro atoms. The van der Waals surface area contributed by atoms with Gasteiger partial charge in [-0.2, -0.15) is 0 Å². The van der Waals surface area contributed by atoms with Crippen molar-refractivity contribution in [3.05, 3.63) is 54.1 Å². The number of thioether (sulfide) groups is 1. The van der Waals surface area contributed by atoms with Crippen molar-refractivity contribution < 1.29 is 14.4 Å². The van der Waals surface area contributed by atoms with Crippen molar-refractivity contribution in [1.82, 2.24) is 5.32 Å². The Morgan fingerprint density at radius 2 is 1.82 bits per heavy atom. The predicted molar refractivity (Wildman–Crippen MR) is 109 cm³/mol. The van der Waals surface area contributed by atoms with Crippen LogP contribution in [0.5, 0.6) is 0 Å². The lowest BCUT2D eigenvalue weighted by atomic mass is 10.2. The molecular weight excluding hydrogens is 374 g/mol. The van der Waals surface area contributed by atoms with Crippen LogP contribution >= 0.6 is 11.8 Å². The summed E-state index contributed by atoms with van der Waals surface area (Å²) in [5.74, 6) is 0.319. The third-order valence-corrected chi connectivity index (χ3v) is 5.82. The zero-order valence-corrected chi connectivity index (χ0v) is 16.1. The number of carbonyl (C=O) groups excluding carboxylic acids is 3. The smallest absolute Gasteiger partial charge is 0.240 e. The molecule has 1 heterocycles. The summed E-state index contributed by atoms with van der Waals surface area (Å²) in [5, 5.41) is 5.75. The minimum atomic E-state index is -0.207. The molecule has 0 radical (unpaired) electrons. The minimum Gasteiger partial charge on any atom is -0.350 e. The number of carbonyl (C=O) groups is 3. The lowest BCUT2D eigenvalue weighted by Crippen LogP contribution is -2.43. The number of anilines is 2. The van der Waals surface area contributed by atoms with E-state index in [4.69, 9.17) is 0 Å². The summed E-state index contributed by atoms with van der Waals surface area (Å²) in [6.07, 6.45) is 1.94. The van der Waals surface area contributed by atoms with Crippen molar-refractivity contribution in [2.24, 2.45) is 5.92 Å². The molecule has 28 heavy (non-hydrogen) atoms. The quantitative estimate of drug-likeness (QED) is 0.788. The number of hydrogen-bond acceptors (Lipinski definition) is 4. The third kappa shape index (κ3) is 4.36. The number of amides is 3. The molecule has 1 fully saturated rings. The number of nitrogens with zero attached hydrogens (tertiary/aromatic N) is 1. The van der Waals surface area contributed by atoms with Gasteiger partial charge in [0, 0.05) is 23.0 Å². The summed E-state index contributed by atoms with van der Waals surface area (Å²) in [5.41, 5.74) is 2.48. The highest BCUT2D eigenvalue weighted by Crippen LogP contribution is 2.34. The van der Waals surface area contributed by atoms with Crippen LogP contribution in [-0.2, 0) is 20.9 Å². The SMILES string of the molecule is O=C(CN1C(=O)CSc2ccccc21)NCc1ccc(NC(=O)C2CC2)cc1. The number of hydrogen-bond donors (Lipinski definition) is 2. The zero-order chi connectivity index (χ0) is 19.5. The van der Waals surface area contributed by atoms with Gasteiger partial charge in [-0.15, -0.1) is 11.8 Å². The van der Waals surface area contributed by atoms with Gasteiger partial charge in [0.05, 0.1) is 11.4 Å². The first kappa shape index (κ1) is 18.6. The van der Waals surface area contributed by atoms with Gasteiger partial charge in [-0.3, -0.25) is 14.4 Å². The second-order valence-corrected chi connectivity index (χ2v) is 7.99. The molecule has 7 heteroatoms. The molecule has 6 nitrogen and oxygen atoms in total. The molecule has 0 atom stereocenters. The molecule has 144 valence electrons. The summed E-state index contributed by atoms with van der Waals surface area (Å²) in [7, 11) is 0. The van der Waals surface area contributed by atoms with E-state index in [-0.39, 0.29) is 30.2 Å². The Morgan fingerprint density at radius 3 is 2.57 bits per heavy atom.